The summed E-state index contributed by atoms with van der Waals surface area (Å²) in [6.45, 7) is 1.40. The summed E-state index contributed by atoms with van der Waals surface area (Å²) in [6.07, 6.45) is 2.94. The number of carbonyl (C=O) groups excluding carboxylic acids is 1. The fourth-order valence-electron chi connectivity index (χ4n) is 3.63. The summed E-state index contributed by atoms with van der Waals surface area (Å²) in [7, 11) is 1.58. The van der Waals surface area contributed by atoms with Gasteiger partial charge in [0, 0.05) is 43.9 Å². The van der Waals surface area contributed by atoms with Crippen molar-refractivity contribution < 1.29 is 18.0 Å². The Hall–Kier alpha value is -3.50. The van der Waals surface area contributed by atoms with Crippen molar-refractivity contribution in [1.29, 1.82) is 0 Å². The first-order chi connectivity index (χ1) is 14.8. The van der Waals surface area contributed by atoms with E-state index in [1.807, 2.05) is 0 Å². The van der Waals surface area contributed by atoms with Crippen molar-refractivity contribution in [3.8, 4) is 17.3 Å². The number of likely N-dealkylation sites (N-methyl/N-ethyl adjacent to an activating group) is 1. The van der Waals surface area contributed by atoms with Gasteiger partial charge in [0.05, 0.1) is 12.6 Å². The summed E-state index contributed by atoms with van der Waals surface area (Å²) in [4.78, 5) is 32.8. The van der Waals surface area contributed by atoms with E-state index < -0.39 is 18.6 Å². The number of pyridine rings is 1. The number of halogens is 3. The number of rotatable bonds is 5. The molecule has 0 fully saturated rings. The van der Waals surface area contributed by atoms with E-state index in [0.717, 1.165) is 5.56 Å². The molecule has 0 aliphatic carbocycles. The highest BCUT2D eigenvalue weighted by Gasteiger charge is 2.39. The number of fused-ring (bicyclic) bond motifs is 1. The van der Waals surface area contributed by atoms with E-state index >= 15 is 0 Å². The van der Waals surface area contributed by atoms with Crippen LogP contribution in [0.3, 0.4) is 0 Å². The van der Waals surface area contributed by atoms with E-state index in [-0.39, 0.29) is 24.2 Å². The maximum absolute atomic E-state index is 13.0. The Bertz CT molecular complexity index is 1080. The van der Waals surface area contributed by atoms with Crippen molar-refractivity contribution in [3.63, 3.8) is 0 Å². The number of amides is 1. The van der Waals surface area contributed by atoms with Crippen molar-refractivity contribution >= 4 is 17.4 Å². The smallest absolute Gasteiger partial charge is 0.342 e. The molecule has 0 bridgehead atoms. The zero-order valence-corrected chi connectivity index (χ0v) is 16.9. The van der Waals surface area contributed by atoms with Crippen LogP contribution in [0.25, 0.3) is 17.3 Å². The minimum absolute atomic E-state index is 0.248. The molecule has 11 heteroatoms. The van der Waals surface area contributed by atoms with Gasteiger partial charge in [0.1, 0.15) is 17.6 Å². The van der Waals surface area contributed by atoms with Crippen LogP contribution < -0.4 is 9.80 Å². The number of alkyl halides is 3. The molecule has 0 saturated heterocycles. The molecule has 0 unspecified atom stereocenters. The van der Waals surface area contributed by atoms with E-state index in [2.05, 4.69) is 19.9 Å². The standard InChI is InChI=1S/C20H20F3N7O/c1-3-14-18(31)28(2)15-12-26-19(27-17(15)29(14)10-6-20(21,22)23)30-11-9-25-16(30)13-4-7-24-8-5-13/h4-5,7-9,11-12,14H,3,6,10H2,1-2H3/t14-/m1/s1. The number of hydrogen-bond donors (Lipinski definition) is 0. The normalized spacial score (nSPS) is 16.5. The van der Waals surface area contributed by atoms with E-state index in [0.29, 0.717) is 17.9 Å². The lowest BCUT2D eigenvalue weighted by Crippen LogP contribution is -2.53. The summed E-state index contributed by atoms with van der Waals surface area (Å²) in [5, 5.41) is 0. The zero-order chi connectivity index (χ0) is 22.2. The summed E-state index contributed by atoms with van der Waals surface area (Å²) in [5.74, 6) is 0.820. The highest BCUT2D eigenvalue weighted by Crippen LogP contribution is 2.36. The Labute approximate surface area is 176 Å². The largest absolute Gasteiger partial charge is 0.390 e. The third-order valence-electron chi connectivity index (χ3n) is 5.18. The average Bonchev–Trinajstić information content (AvgIpc) is 3.25. The van der Waals surface area contributed by atoms with Crippen LogP contribution >= 0.6 is 0 Å². The third kappa shape index (κ3) is 3.94. The average molecular weight is 431 g/mol. The van der Waals surface area contributed by atoms with Gasteiger partial charge in [-0.3, -0.25) is 14.3 Å². The van der Waals surface area contributed by atoms with Crippen LogP contribution in [0.15, 0.2) is 43.1 Å². The molecule has 0 N–H and O–H groups in total. The molecule has 162 valence electrons. The van der Waals surface area contributed by atoms with Gasteiger partial charge in [-0.1, -0.05) is 6.92 Å². The van der Waals surface area contributed by atoms with Crippen molar-refractivity contribution in [2.45, 2.75) is 32.0 Å². The fourth-order valence-corrected chi connectivity index (χ4v) is 3.63. The van der Waals surface area contributed by atoms with Gasteiger partial charge in [-0.25, -0.2) is 9.97 Å². The SMILES string of the molecule is CC[C@@H]1C(=O)N(C)c2cnc(-n3ccnc3-c3ccncc3)nc2N1CCC(F)(F)F. The molecular formula is C20H20F3N7O. The first-order valence-electron chi connectivity index (χ1n) is 9.72. The molecule has 4 heterocycles. The molecule has 1 atom stereocenters. The summed E-state index contributed by atoms with van der Waals surface area (Å²) in [6, 6.07) is 2.84. The highest BCUT2D eigenvalue weighted by atomic mass is 19.4. The van der Waals surface area contributed by atoms with Gasteiger partial charge in [0.15, 0.2) is 5.82 Å². The Morgan fingerprint density at radius 2 is 1.87 bits per heavy atom. The molecule has 1 aliphatic rings. The van der Waals surface area contributed by atoms with Crippen LogP contribution in [0.5, 0.6) is 0 Å². The van der Waals surface area contributed by atoms with Crippen molar-refractivity contribution in [1.82, 2.24) is 24.5 Å². The van der Waals surface area contributed by atoms with Crippen molar-refractivity contribution in [3.05, 3.63) is 43.1 Å². The topological polar surface area (TPSA) is 80.0 Å². The van der Waals surface area contributed by atoms with Gasteiger partial charge in [-0.05, 0) is 18.6 Å². The molecule has 0 radical (unpaired) electrons. The molecule has 3 aromatic rings. The number of carbonyl (C=O) groups is 1. The summed E-state index contributed by atoms with van der Waals surface area (Å²) in [5.41, 5.74) is 1.15. The van der Waals surface area contributed by atoms with E-state index in [1.165, 1.54) is 16.0 Å². The number of anilines is 2. The molecule has 31 heavy (non-hydrogen) atoms. The second-order valence-electron chi connectivity index (χ2n) is 7.12. The van der Waals surface area contributed by atoms with Crippen LogP contribution in [-0.2, 0) is 4.79 Å². The Morgan fingerprint density at radius 1 is 1.13 bits per heavy atom. The monoisotopic (exact) mass is 431 g/mol. The van der Waals surface area contributed by atoms with E-state index in [9.17, 15) is 18.0 Å². The van der Waals surface area contributed by atoms with Gasteiger partial charge in [-0.2, -0.15) is 18.2 Å². The third-order valence-corrected chi connectivity index (χ3v) is 5.18. The molecule has 4 rings (SSSR count). The molecular weight excluding hydrogens is 411 g/mol. The van der Waals surface area contributed by atoms with Gasteiger partial charge >= 0.3 is 6.18 Å². The van der Waals surface area contributed by atoms with Crippen LogP contribution in [0.4, 0.5) is 24.7 Å². The lowest BCUT2D eigenvalue weighted by molar-refractivity contribution is -0.133. The number of nitrogens with zero attached hydrogens (tertiary/aromatic N) is 7. The summed E-state index contributed by atoms with van der Waals surface area (Å²) >= 11 is 0. The number of imidazole rings is 1. The van der Waals surface area contributed by atoms with Gasteiger partial charge in [0.25, 0.3) is 0 Å². The lowest BCUT2D eigenvalue weighted by Gasteiger charge is -2.40. The van der Waals surface area contributed by atoms with Crippen LogP contribution in [0, 0.1) is 0 Å². The van der Waals surface area contributed by atoms with Crippen LogP contribution in [0.2, 0.25) is 0 Å². The number of hydrogen-bond acceptors (Lipinski definition) is 6. The number of aromatic nitrogens is 5. The van der Waals surface area contributed by atoms with Crippen molar-refractivity contribution in [2.75, 3.05) is 23.4 Å². The molecule has 0 saturated carbocycles. The first-order valence-corrected chi connectivity index (χ1v) is 9.72. The maximum Gasteiger partial charge on any atom is 0.390 e. The molecule has 3 aromatic heterocycles. The molecule has 0 spiro atoms. The molecule has 1 aliphatic heterocycles. The highest BCUT2D eigenvalue weighted by molar-refractivity contribution is 6.04. The predicted octanol–water partition coefficient (Wildman–Crippen LogP) is 3.24. The lowest BCUT2D eigenvalue weighted by atomic mass is 10.1. The molecule has 8 nitrogen and oxygen atoms in total. The Morgan fingerprint density at radius 3 is 2.55 bits per heavy atom. The zero-order valence-electron chi connectivity index (χ0n) is 16.9. The first kappa shape index (κ1) is 20.8. The summed E-state index contributed by atoms with van der Waals surface area (Å²) < 4.78 is 40.5. The molecule has 0 aromatic carbocycles. The Balaban J connectivity index is 1.79. The Kier molecular flexibility index (Phi) is 5.34. The van der Waals surface area contributed by atoms with Gasteiger partial charge < -0.3 is 9.80 Å². The van der Waals surface area contributed by atoms with Crippen LogP contribution in [0.1, 0.15) is 19.8 Å². The predicted molar refractivity (Wildman–Crippen MR) is 108 cm³/mol. The minimum atomic E-state index is -4.35. The molecule has 1 amide bonds. The van der Waals surface area contributed by atoms with E-state index in [4.69, 9.17) is 0 Å². The van der Waals surface area contributed by atoms with Crippen molar-refractivity contribution in [2.24, 2.45) is 0 Å². The second kappa shape index (κ2) is 7.97. The quantitative estimate of drug-likeness (QED) is 0.617. The van der Waals surface area contributed by atoms with Crippen LogP contribution in [-0.4, -0.2) is 56.2 Å². The van der Waals surface area contributed by atoms with Gasteiger partial charge in [-0.15, -0.1) is 0 Å². The second-order valence-corrected chi connectivity index (χ2v) is 7.12. The van der Waals surface area contributed by atoms with E-state index in [1.54, 1.807) is 55.5 Å². The van der Waals surface area contributed by atoms with Gasteiger partial charge in [0.2, 0.25) is 11.9 Å². The fraction of sp³-hybridized carbons (Fsp3) is 0.350. The maximum atomic E-state index is 13.0. The minimum Gasteiger partial charge on any atom is -0.342 e.